The Hall–Kier alpha value is -2.65. The van der Waals surface area contributed by atoms with Gasteiger partial charge in [0.05, 0.1) is 17.9 Å². The molecule has 1 amide bonds. The van der Waals surface area contributed by atoms with E-state index in [1.807, 2.05) is 0 Å². The van der Waals surface area contributed by atoms with Crippen molar-refractivity contribution in [3.8, 4) is 5.75 Å². The molecule has 0 saturated carbocycles. The SMILES string of the molecule is NCC(=O)Nc1ccc(N)c(N)n1.Nc1ccccc1OP(O)O. The van der Waals surface area contributed by atoms with Crippen molar-refractivity contribution in [3.63, 3.8) is 0 Å². The van der Waals surface area contributed by atoms with Gasteiger partial charge in [0.15, 0.2) is 5.75 Å². The average molecular weight is 354 g/mol. The van der Waals surface area contributed by atoms with Gasteiger partial charge in [0.2, 0.25) is 5.91 Å². The molecule has 1 aromatic carbocycles. The minimum Gasteiger partial charge on any atom is -0.425 e. The van der Waals surface area contributed by atoms with Crippen LogP contribution in [-0.2, 0) is 4.79 Å². The average Bonchev–Trinajstić information content (AvgIpc) is 2.53. The zero-order valence-corrected chi connectivity index (χ0v) is 13.5. The number of hydrogen-bond acceptors (Lipinski definition) is 9. The molecule has 0 unspecified atom stereocenters. The van der Waals surface area contributed by atoms with Crippen molar-refractivity contribution in [1.29, 1.82) is 0 Å². The van der Waals surface area contributed by atoms with Crippen molar-refractivity contribution in [2.75, 3.05) is 29.1 Å². The molecule has 0 bridgehead atoms. The van der Waals surface area contributed by atoms with E-state index in [0.717, 1.165) is 0 Å². The Labute approximate surface area is 139 Å². The number of pyridine rings is 1. The predicted octanol–water partition coefficient (Wildman–Crippen LogP) is 0.00230. The molecule has 1 aromatic heterocycles. The number of para-hydroxylation sites is 2. The lowest BCUT2D eigenvalue weighted by Crippen LogP contribution is -2.22. The first-order valence-electron chi connectivity index (χ1n) is 6.55. The normalized spacial score (nSPS) is 9.83. The van der Waals surface area contributed by atoms with Crippen molar-refractivity contribution in [1.82, 2.24) is 4.98 Å². The summed E-state index contributed by atoms with van der Waals surface area (Å²) in [6.07, 6.45) is 0. The van der Waals surface area contributed by atoms with E-state index >= 15 is 0 Å². The van der Waals surface area contributed by atoms with E-state index in [9.17, 15) is 4.79 Å². The fourth-order valence-electron chi connectivity index (χ4n) is 1.40. The lowest BCUT2D eigenvalue weighted by molar-refractivity contribution is -0.114. The number of carbonyl (C=O) groups is 1. The molecule has 24 heavy (non-hydrogen) atoms. The molecule has 1 heterocycles. The Kier molecular flexibility index (Phi) is 7.66. The van der Waals surface area contributed by atoms with Gasteiger partial charge in [-0.3, -0.25) is 4.79 Å². The van der Waals surface area contributed by atoms with Crippen LogP contribution in [0, 0.1) is 0 Å². The maximum Gasteiger partial charge on any atom is 0.391 e. The number of aromatic nitrogens is 1. The van der Waals surface area contributed by atoms with Gasteiger partial charge in [0.1, 0.15) is 11.6 Å². The van der Waals surface area contributed by atoms with E-state index in [4.69, 9.17) is 32.7 Å². The van der Waals surface area contributed by atoms with Crippen molar-refractivity contribution in [3.05, 3.63) is 36.4 Å². The van der Waals surface area contributed by atoms with Crippen LogP contribution in [0.2, 0.25) is 0 Å². The summed E-state index contributed by atoms with van der Waals surface area (Å²) >= 11 is 0. The summed E-state index contributed by atoms with van der Waals surface area (Å²) in [4.78, 5) is 31.6. The molecule has 11 N–H and O–H groups in total. The van der Waals surface area contributed by atoms with E-state index in [1.165, 1.54) is 0 Å². The van der Waals surface area contributed by atoms with Gasteiger partial charge in [-0.2, -0.15) is 0 Å². The molecule has 0 fully saturated rings. The minimum atomic E-state index is -2.37. The standard InChI is InChI=1S/C7H11N5O.C6H8NO3P/c8-3-6(13)11-5-2-1-4(9)7(10)12-5;7-5-3-1-2-4-6(5)10-11(8)9/h1-2H,3,8-9H2,(H3,10,11,12,13);1-4,8-9H,7H2. The van der Waals surface area contributed by atoms with E-state index in [0.29, 0.717) is 22.9 Å². The molecule has 0 radical (unpaired) electrons. The predicted molar refractivity (Wildman–Crippen MR) is 93.6 cm³/mol. The number of rotatable bonds is 4. The first-order chi connectivity index (χ1) is 11.3. The second-order valence-corrected chi connectivity index (χ2v) is 4.99. The number of hydrogen-bond donors (Lipinski definition) is 7. The number of carbonyl (C=O) groups excluding carboxylic acids is 1. The van der Waals surface area contributed by atoms with Crippen LogP contribution in [0.4, 0.5) is 23.0 Å². The van der Waals surface area contributed by atoms with Crippen molar-refractivity contribution in [2.45, 2.75) is 0 Å². The van der Waals surface area contributed by atoms with Crippen LogP contribution >= 0.6 is 8.60 Å². The van der Waals surface area contributed by atoms with Crippen LogP contribution in [0.25, 0.3) is 0 Å². The molecular weight excluding hydrogens is 335 g/mol. The fourth-order valence-corrected chi connectivity index (χ4v) is 1.74. The van der Waals surface area contributed by atoms with Gasteiger partial charge in [-0.05, 0) is 24.3 Å². The van der Waals surface area contributed by atoms with Gasteiger partial charge in [0, 0.05) is 0 Å². The van der Waals surface area contributed by atoms with E-state index in [1.54, 1.807) is 36.4 Å². The maximum atomic E-state index is 10.8. The van der Waals surface area contributed by atoms with Gasteiger partial charge in [-0.15, -0.1) is 0 Å². The quantitative estimate of drug-likeness (QED) is 0.292. The van der Waals surface area contributed by atoms with Crippen molar-refractivity contribution < 1.29 is 19.1 Å². The van der Waals surface area contributed by atoms with Crippen LogP contribution in [0.3, 0.4) is 0 Å². The number of amides is 1. The summed E-state index contributed by atoms with van der Waals surface area (Å²) in [5.74, 6) is 0.511. The molecular formula is C13H19N6O4P. The third-order valence-corrected chi connectivity index (χ3v) is 2.87. The summed E-state index contributed by atoms with van der Waals surface area (Å²) < 4.78 is 4.60. The first kappa shape index (κ1) is 19.4. The molecule has 0 aliphatic rings. The molecule has 130 valence electrons. The molecule has 0 aliphatic carbocycles. The maximum absolute atomic E-state index is 10.8. The Morgan fingerprint density at radius 1 is 1.12 bits per heavy atom. The number of anilines is 4. The number of nitrogen functional groups attached to an aromatic ring is 3. The molecule has 11 heteroatoms. The summed E-state index contributed by atoms with van der Waals surface area (Å²) in [7, 11) is -2.37. The highest BCUT2D eigenvalue weighted by molar-refractivity contribution is 7.39. The lowest BCUT2D eigenvalue weighted by Gasteiger charge is -2.06. The Morgan fingerprint density at radius 3 is 2.33 bits per heavy atom. The molecule has 0 saturated heterocycles. The highest BCUT2D eigenvalue weighted by Crippen LogP contribution is 2.32. The molecule has 0 spiro atoms. The number of nitrogens with one attached hydrogen (secondary N) is 1. The largest absolute Gasteiger partial charge is 0.425 e. The van der Waals surface area contributed by atoms with Gasteiger partial charge < -0.3 is 42.6 Å². The van der Waals surface area contributed by atoms with Gasteiger partial charge >= 0.3 is 8.60 Å². The van der Waals surface area contributed by atoms with Crippen LogP contribution in [0.5, 0.6) is 5.75 Å². The fraction of sp³-hybridized carbons (Fsp3) is 0.0769. The third kappa shape index (κ3) is 6.63. The zero-order chi connectivity index (χ0) is 18.1. The molecule has 2 aromatic rings. The van der Waals surface area contributed by atoms with E-state index in [-0.39, 0.29) is 18.3 Å². The van der Waals surface area contributed by atoms with Crippen LogP contribution in [0.1, 0.15) is 0 Å². The number of benzene rings is 1. The minimum absolute atomic E-state index is 0.0913. The Bertz CT molecular complexity index is 685. The van der Waals surface area contributed by atoms with Gasteiger partial charge in [-0.1, -0.05) is 12.1 Å². The molecule has 10 nitrogen and oxygen atoms in total. The summed E-state index contributed by atoms with van der Waals surface area (Å²) in [5.41, 5.74) is 22.1. The molecule has 0 atom stereocenters. The highest BCUT2D eigenvalue weighted by Gasteiger charge is 2.04. The Morgan fingerprint density at radius 2 is 1.79 bits per heavy atom. The van der Waals surface area contributed by atoms with Crippen LogP contribution in [0.15, 0.2) is 36.4 Å². The van der Waals surface area contributed by atoms with Crippen molar-refractivity contribution in [2.24, 2.45) is 5.73 Å². The van der Waals surface area contributed by atoms with Gasteiger partial charge in [-0.25, -0.2) is 4.98 Å². The third-order valence-electron chi connectivity index (χ3n) is 2.51. The highest BCUT2D eigenvalue weighted by atomic mass is 31.2. The first-order valence-corrected chi connectivity index (χ1v) is 7.72. The summed E-state index contributed by atoms with van der Waals surface area (Å²) in [6, 6.07) is 9.74. The van der Waals surface area contributed by atoms with Gasteiger partial charge in [0.25, 0.3) is 0 Å². The number of nitrogens with two attached hydrogens (primary N) is 4. The molecule has 0 aliphatic heterocycles. The lowest BCUT2D eigenvalue weighted by atomic mass is 10.3. The summed E-state index contributed by atoms with van der Waals surface area (Å²) in [5, 5.41) is 2.45. The molecule has 2 rings (SSSR count). The topological polar surface area (TPSA) is 196 Å². The smallest absolute Gasteiger partial charge is 0.391 e. The monoisotopic (exact) mass is 354 g/mol. The van der Waals surface area contributed by atoms with Crippen LogP contribution in [-0.4, -0.2) is 27.2 Å². The number of nitrogens with zero attached hydrogens (tertiary/aromatic N) is 1. The van der Waals surface area contributed by atoms with Crippen molar-refractivity contribution >= 4 is 37.5 Å². The summed E-state index contributed by atoms with van der Waals surface area (Å²) in [6.45, 7) is -0.0913. The zero-order valence-electron chi connectivity index (χ0n) is 12.6. The second kappa shape index (κ2) is 9.48. The van der Waals surface area contributed by atoms with E-state index in [2.05, 4.69) is 14.8 Å². The Balaban J connectivity index is 0.000000243. The van der Waals surface area contributed by atoms with Crippen LogP contribution < -0.4 is 32.8 Å². The second-order valence-electron chi connectivity index (χ2n) is 4.31. The van der Waals surface area contributed by atoms with E-state index < -0.39 is 8.60 Å².